The number of nitrogens with zero attached hydrogens (tertiary/aromatic N) is 2. The Kier molecular flexibility index (Phi) is 7.77. The highest BCUT2D eigenvalue weighted by Crippen LogP contribution is 2.41. The van der Waals surface area contributed by atoms with E-state index in [4.69, 9.17) is 11.6 Å². The van der Waals surface area contributed by atoms with Crippen LogP contribution in [0.2, 0.25) is 0 Å². The first kappa shape index (κ1) is 24.9. The molecule has 3 N–H and O–H groups in total. The van der Waals surface area contributed by atoms with Crippen molar-refractivity contribution in [2.75, 3.05) is 18.4 Å². The Balaban J connectivity index is 1.32. The molecule has 2 unspecified atom stereocenters. The van der Waals surface area contributed by atoms with Gasteiger partial charge in [0.2, 0.25) is 10.0 Å². The Morgan fingerprint density at radius 3 is 2.56 bits per heavy atom. The fourth-order valence-electron chi connectivity index (χ4n) is 4.86. The van der Waals surface area contributed by atoms with Crippen LogP contribution in [0, 0.1) is 5.92 Å². The van der Waals surface area contributed by atoms with Crippen LogP contribution in [0.3, 0.4) is 0 Å². The maximum atomic E-state index is 13.1. The molecule has 0 radical (unpaired) electrons. The molecule has 1 aromatic heterocycles. The molecule has 2 aliphatic rings. The normalized spacial score (nSPS) is 23.2. The first-order valence-electron chi connectivity index (χ1n) is 11.7. The summed E-state index contributed by atoms with van der Waals surface area (Å²) in [5.41, 5.74) is 0.512. The Bertz CT molecular complexity index is 1070. The van der Waals surface area contributed by atoms with Gasteiger partial charge in [-0.3, -0.25) is 4.98 Å². The fraction of sp³-hybridized carbons (Fsp3) is 0.500. The van der Waals surface area contributed by atoms with Crippen LogP contribution in [0.5, 0.6) is 0 Å². The summed E-state index contributed by atoms with van der Waals surface area (Å²) >= 11 is 6.31. The molecule has 1 aromatic carbocycles. The number of hydrogen-bond donors (Lipinski definition) is 3. The smallest absolute Gasteiger partial charge is 0.319 e. The number of nitrogens with one attached hydrogen (secondary N) is 2. The van der Waals surface area contributed by atoms with E-state index in [1.165, 1.54) is 16.4 Å². The van der Waals surface area contributed by atoms with Crippen molar-refractivity contribution in [3.8, 4) is 0 Å². The number of amides is 2. The SMILES string of the molecule is O=C(NCc1cccnc1)Nc1ccc(S(=O)(=O)N2CCC(O)(C3CCCC(Cl)C3)CC2)cc1. The van der Waals surface area contributed by atoms with E-state index in [1.54, 1.807) is 30.6 Å². The van der Waals surface area contributed by atoms with Crippen LogP contribution in [0.25, 0.3) is 0 Å². The molecule has 1 saturated heterocycles. The summed E-state index contributed by atoms with van der Waals surface area (Å²) < 4.78 is 27.7. The molecule has 1 aliphatic carbocycles. The molecule has 1 aliphatic heterocycles. The van der Waals surface area contributed by atoms with Gasteiger partial charge in [-0.05, 0) is 73.9 Å². The first-order valence-corrected chi connectivity index (χ1v) is 13.5. The zero-order valence-electron chi connectivity index (χ0n) is 19.0. The van der Waals surface area contributed by atoms with Crippen LogP contribution in [0.1, 0.15) is 44.1 Å². The monoisotopic (exact) mass is 506 g/mol. The Hall–Kier alpha value is -2.20. The number of rotatable bonds is 6. The number of pyridine rings is 1. The molecule has 2 atom stereocenters. The lowest BCUT2D eigenvalue weighted by Gasteiger charge is -2.44. The summed E-state index contributed by atoms with van der Waals surface area (Å²) in [5.74, 6) is 0.128. The highest BCUT2D eigenvalue weighted by molar-refractivity contribution is 7.89. The molecule has 4 rings (SSSR count). The van der Waals surface area contributed by atoms with Gasteiger partial charge in [0.05, 0.1) is 10.5 Å². The molecular weight excluding hydrogens is 476 g/mol. The number of aliphatic hydroxyl groups is 1. The quantitative estimate of drug-likeness (QED) is 0.517. The van der Waals surface area contributed by atoms with Gasteiger partial charge in [-0.2, -0.15) is 4.31 Å². The van der Waals surface area contributed by atoms with Gasteiger partial charge in [0.1, 0.15) is 0 Å². The molecule has 2 amide bonds. The molecule has 1 saturated carbocycles. The zero-order valence-corrected chi connectivity index (χ0v) is 20.6. The number of sulfonamides is 1. The predicted molar refractivity (Wildman–Crippen MR) is 131 cm³/mol. The number of urea groups is 1. The van der Waals surface area contributed by atoms with Crippen molar-refractivity contribution in [2.45, 2.75) is 60.9 Å². The second kappa shape index (κ2) is 10.6. The van der Waals surface area contributed by atoms with Crippen molar-refractivity contribution in [1.29, 1.82) is 0 Å². The standard InChI is InChI=1S/C24H31ClN4O4S/c25-20-5-1-4-19(15-20)24(31)10-13-29(14-11-24)34(32,33)22-8-6-21(7-9-22)28-23(30)27-17-18-3-2-12-26-16-18/h2-3,6-9,12,16,19-20,31H,1,4-5,10-11,13-15,17H2,(H2,27,28,30). The van der Waals surface area contributed by atoms with Gasteiger partial charge >= 0.3 is 6.03 Å². The Morgan fingerprint density at radius 2 is 1.91 bits per heavy atom. The Labute approximate surface area is 205 Å². The lowest BCUT2D eigenvalue weighted by molar-refractivity contribution is -0.0661. The highest BCUT2D eigenvalue weighted by atomic mass is 35.5. The van der Waals surface area contributed by atoms with Crippen LogP contribution < -0.4 is 10.6 Å². The van der Waals surface area contributed by atoms with E-state index in [0.717, 1.165) is 31.2 Å². The van der Waals surface area contributed by atoms with Crippen LogP contribution >= 0.6 is 11.6 Å². The minimum atomic E-state index is -3.68. The maximum Gasteiger partial charge on any atom is 0.319 e. The molecule has 2 heterocycles. The van der Waals surface area contributed by atoms with Gasteiger partial charge in [0.15, 0.2) is 0 Å². The Morgan fingerprint density at radius 1 is 1.18 bits per heavy atom. The van der Waals surface area contributed by atoms with Crippen LogP contribution in [0.4, 0.5) is 10.5 Å². The average molecular weight is 507 g/mol. The number of halogens is 1. The summed E-state index contributed by atoms with van der Waals surface area (Å²) in [6.45, 7) is 0.887. The van der Waals surface area contributed by atoms with Crippen molar-refractivity contribution in [3.63, 3.8) is 0 Å². The van der Waals surface area contributed by atoms with Crippen molar-refractivity contribution >= 4 is 33.3 Å². The van der Waals surface area contributed by atoms with Crippen molar-refractivity contribution < 1.29 is 18.3 Å². The number of carbonyl (C=O) groups excluding carboxylic acids is 1. The minimum absolute atomic E-state index is 0.0917. The van der Waals surface area contributed by atoms with Gasteiger partial charge in [-0.15, -0.1) is 11.6 Å². The van der Waals surface area contributed by atoms with E-state index in [-0.39, 0.29) is 29.3 Å². The summed E-state index contributed by atoms with van der Waals surface area (Å²) in [7, 11) is -3.68. The van der Waals surface area contributed by atoms with Crippen molar-refractivity contribution in [3.05, 3.63) is 54.4 Å². The van der Waals surface area contributed by atoms with Crippen LogP contribution in [-0.4, -0.2) is 52.9 Å². The van der Waals surface area contributed by atoms with Crippen LogP contribution in [0.15, 0.2) is 53.7 Å². The average Bonchev–Trinajstić information content (AvgIpc) is 2.84. The van der Waals surface area contributed by atoms with E-state index in [2.05, 4.69) is 15.6 Å². The topological polar surface area (TPSA) is 112 Å². The number of piperidine rings is 1. The van der Waals surface area contributed by atoms with E-state index in [1.807, 2.05) is 6.07 Å². The lowest BCUT2D eigenvalue weighted by atomic mass is 9.72. The molecule has 0 spiro atoms. The van der Waals surface area contributed by atoms with Crippen LogP contribution in [-0.2, 0) is 16.6 Å². The van der Waals surface area contributed by atoms with Gasteiger partial charge in [0.25, 0.3) is 0 Å². The van der Waals surface area contributed by atoms with Crippen molar-refractivity contribution in [2.24, 2.45) is 5.92 Å². The minimum Gasteiger partial charge on any atom is -0.390 e. The first-order chi connectivity index (χ1) is 16.3. The summed E-state index contributed by atoms with van der Waals surface area (Å²) in [4.78, 5) is 16.3. The summed E-state index contributed by atoms with van der Waals surface area (Å²) in [6.07, 6.45) is 7.87. The second-order valence-corrected chi connectivity index (χ2v) is 11.7. The summed E-state index contributed by atoms with van der Waals surface area (Å²) in [6, 6.07) is 9.38. The number of aromatic nitrogens is 1. The van der Waals surface area contributed by atoms with Gasteiger partial charge in [-0.1, -0.05) is 12.5 Å². The number of anilines is 1. The zero-order chi connectivity index (χ0) is 24.2. The lowest BCUT2D eigenvalue weighted by Crippen LogP contribution is -2.51. The maximum absolute atomic E-state index is 13.1. The third kappa shape index (κ3) is 5.89. The third-order valence-corrected chi connectivity index (χ3v) is 9.19. The molecule has 184 valence electrons. The largest absolute Gasteiger partial charge is 0.390 e. The van der Waals surface area contributed by atoms with Gasteiger partial charge < -0.3 is 15.7 Å². The molecule has 0 bridgehead atoms. The van der Waals surface area contributed by atoms with E-state index in [9.17, 15) is 18.3 Å². The molecular formula is C24H31ClN4O4S. The number of alkyl halides is 1. The second-order valence-electron chi connectivity index (χ2n) is 9.16. The number of benzene rings is 1. The van der Waals surface area contributed by atoms with E-state index in [0.29, 0.717) is 25.1 Å². The third-order valence-electron chi connectivity index (χ3n) is 6.88. The molecule has 8 nitrogen and oxygen atoms in total. The van der Waals surface area contributed by atoms with E-state index < -0.39 is 21.7 Å². The van der Waals surface area contributed by atoms with Gasteiger partial charge in [-0.25, -0.2) is 13.2 Å². The summed E-state index contributed by atoms with van der Waals surface area (Å²) in [5, 5.41) is 16.7. The number of hydrogen-bond acceptors (Lipinski definition) is 5. The molecule has 10 heteroatoms. The molecule has 34 heavy (non-hydrogen) atoms. The van der Waals surface area contributed by atoms with Gasteiger partial charge in [0, 0.05) is 43.1 Å². The van der Waals surface area contributed by atoms with Crippen molar-refractivity contribution in [1.82, 2.24) is 14.6 Å². The number of carbonyl (C=O) groups is 1. The molecule has 2 fully saturated rings. The highest BCUT2D eigenvalue weighted by Gasteiger charge is 2.43. The predicted octanol–water partition coefficient (Wildman–Crippen LogP) is 3.72. The fourth-order valence-corrected chi connectivity index (χ4v) is 6.67. The van der Waals surface area contributed by atoms with E-state index >= 15 is 0 Å². The molecule has 2 aromatic rings.